The SMILES string of the molecule is COc1ncnc(NC(C)(C(=O)O)c2ccccc2)c1C. The number of hydrogen-bond acceptors (Lipinski definition) is 5. The van der Waals surface area contributed by atoms with Crippen molar-refractivity contribution in [2.24, 2.45) is 0 Å². The van der Waals surface area contributed by atoms with Gasteiger partial charge < -0.3 is 15.2 Å². The fourth-order valence-electron chi connectivity index (χ4n) is 2.02. The molecule has 0 aliphatic heterocycles. The molecule has 0 amide bonds. The number of carboxylic acid groups (broad SMARTS) is 1. The van der Waals surface area contributed by atoms with Crippen molar-refractivity contribution in [1.29, 1.82) is 0 Å². The fraction of sp³-hybridized carbons (Fsp3) is 0.267. The van der Waals surface area contributed by atoms with E-state index in [4.69, 9.17) is 4.74 Å². The number of ether oxygens (including phenoxy) is 1. The van der Waals surface area contributed by atoms with Crippen LogP contribution in [-0.4, -0.2) is 28.2 Å². The number of rotatable bonds is 5. The largest absolute Gasteiger partial charge is 0.481 e. The van der Waals surface area contributed by atoms with E-state index in [2.05, 4.69) is 15.3 Å². The highest BCUT2D eigenvalue weighted by molar-refractivity contribution is 5.84. The van der Waals surface area contributed by atoms with E-state index in [1.54, 1.807) is 38.1 Å². The summed E-state index contributed by atoms with van der Waals surface area (Å²) in [5.41, 5.74) is -0.0105. The van der Waals surface area contributed by atoms with E-state index in [9.17, 15) is 9.90 Å². The lowest BCUT2D eigenvalue weighted by Crippen LogP contribution is -2.41. The van der Waals surface area contributed by atoms with E-state index >= 15 is 0 Å². The first kappa shape index (κ1) is 14.8. The van der Waals surface area contributed by atoms with Crippen molar-refractivity contribution in [3.05, 3.63) is 47.8 Å². The van der Waals surface area contributed by atoms with Gasteiger partial charge in [0.25, 0.3) is 0 Å². The molecule has 6 nitrogen and oxygen atoms in total. The van der Waals surface area contributed by atoms with Crippen molar-refractivity contribution >= 4 is 11.8 Å². The number of hydrogen-bond donors (Lipinski definition) is 2. The summed E-state index contributed by atoms with van der Waals surface area (Å²) >= 11 is 0. The predicted molar refractivity (Wildman–Crippen MR) is 78.4 cm³/mol. The van der Waals surface area contributed by atoms with Gasteiger partial charge >= 0.3 is 5.97 Å². The first-order valence-electron chi connectivity index (χ1n) is 6.41. The van der Waals surface area contributed by atoms with Gasteiger partial charge in [0.2, 0.25) is 5.88 Å². The van der Waals surface area contributed by atoms with Crippen LogP contribution >= 0.6 is 0 Å². The summed E-state index contributed by atoms with van der Waals surface area (Å²) in [6.07, 6.45) is 1.33. The maximum Gasteiger partial charge on any atom is 0.333 e. The Morgan fingerprint density at radius 3 is 2.52 bits per heavy atom. The Morgan fingerprint density at radius 2 is 1.95 bits per heavy atom. The number of methoxy groups -OCH3 is 1. The molecule has 0 fully saturated rings. The molecule has 0 bridgehead atoms. The van der Waals surface area contributed by atoms with Gasteiger partial charge in [-0.25, -0.2) is 14.8 Å². The van der Waals surface area contributed by atoms with Gasteiger partial charge in [-0.1, -0.05) is 30.3 Å². The van der Waals surface area contributed by atoms with Crippen LogP contribution in [0.15, 0.2) is 36.7 Å². The molecule has 2 N–H and O–H groups in total. The van der Waals surface area contributed by atoms with Crippen LogP contribution in [-0.2, 0) is 10.3 Å². The zero-order chi connectivity index (χ0) is 15.5. The van der Waals surface area contributed by atoms with Crippen LogP contribution in [0.5, 0.6) is 5.88 Å². The van der Waals surface area contributed by atoms with E-state index in [1.165, 1.54) is 13.4 Å². The van der Waals surface area contributed by atoms with Crippen molar-refractivity contribution in [3.63, 3.8) is 0 Å². The van der Waals surface area contributed by atoms with Gasteiger partial charge in [0.05, 0.1) is 12.7 Å². The number of aliphatic carboxylic acids is 1. The normalized spacial score (nSPS) is 13.3. The van der Waals surface area contributed by atoms with Gasteiger partial charge in [0, 0.05) is 0 Å². The average molecular weight is 287 g/mol. The predicted octanol–water partition coefficient (Wildman–Crippen LogP) is 2.21. The highest BCUT2D eigenvalue weighted by Gasteiger charge is 2.36. The topological polar surface area (TPSA) is 84.3 Å². The van der Waals surface area contributed by atoms with Crippen LogP contribution in [0, 0.1) is 6.92 Å². The Kier molecular flexibility index (Phi) is 4.07. The zero-order valence-electron chi connectivity index (χ0n) is 12.1. The summed E-state index contributed by atoms with van der Waals surface area (Å²) in [5, 5.41) is 12.6. The number of nitrogens with one attached hydrogen (secondary N) is 1. The number of anilines is 1. The molecule has 0 saturated carbocycles. The third kappa shape index (κ3) is 2.79. The maximum atomic E-state index is 11.8. The molecule has 6 heteroatoms. The number of benzene rings is 1. The summed E-state index contributed by atoms with van der Waals surface area (Å²) in [7, 11) is 1.51. The van der Waals surface area contributed by atoms with Crippen molar-refractivity contribution in [2.45, 2.75) is 19.4 Å². The average Bonchev–Trinajstić information content (AvgIpc) is 2.50. The number of carbonyl (C=O) groups is 1. The summed E-state index contributed by atoms with van der Waals surface area (Å²) in [5.74, 6) is -0.158. The van der Waals surface area contributed by atoms with Crippen molar-refractivity contribution in [2.75, 3.05) is 12.4 Å². The van der Waals surface area contributed by atoms with E-state index in [1.807, 2.05) is 6.07 Å². The quantitative estimate of drug-likeness (QED) is 0.877. The molecule has 110 valence electrons. The molecule has 0 aliphatic carbocycles. The summed E-state index contributed by atoms with van der Waals surface area (Å²) in [6.45, 7) is 3.37. The second-order valence-electron chi connectivity index (χ2n) is 4.78. The third-order valence-electron chi connectivity index (χ3n) is 3.38. The Bertz CT molecular complexity index is 646. The molecule has 2 rings (SSSR count). The number of nitrogens with zero attached hydrogens (tertiary/aromatic N) is 2. The van der Waals surface area contributed by atoms with Crippen LogP contribution in [0.25, 0.3) is 0 Å². The lowest BCUT2D eigenvalue weighted by Gasteiger charge is -2.28. The molecule has 1 unspecified atom stereocenters. The number of carboxylic acids is 1. The Morgan fingerprint density at radius 1 is 1.29 bits per heavy atom. The van der Waals surface area contributed by atoms with E-state index < -0.39 is 11.5 Å². The van der Waals surface area contributed by atoms with E-state index in [0.717, 1.165) is 0 Å². The first-order valence-corrected chi connectivity index (χ1v) is 6.41. The minimum absolute atomic E-state index is 0.410. The maximum absolute atomic E-state index is 11.8. The van der Waals surface area contributed by atoms with Gasteiger partial charge in [0.15, 0.2) is 5.54 Å². The Hall–Kier alpha value is -2.63. The highest BCUT2D eigenvalue weighted by Crippen LogP contribution is 2.29. The van der Waals surface area contributed by atoms with Crippen molar-refractivity contribution in [3.8, 4) is 5.88 Å². The van der Waals surface area contributed by atoms with E-state index in [0.29, 0.717) is 22.8 Å². The monoisotopic (exact) mass is 287 g/mol. The molecular formula is C15H17N3O3. The van der Waals surface area contributed by atoms with Crippen molar-refractivity contribution < 1.29 is 14.6 Å². The molecule has 0 spiro atoms. The fourth-order valence-corrected chi connectivity index (χ4v) is 2.02. The second-order valence-corrected chi connectivity index (χ2v) is 4.78. The molecule has 2 aromatic rings. The minimum Gasteiger partial charge on any atom is -0.481 e. The molecule has 0 radical (unpaired) electrons. The molecule has 0 saturated heterocycles. The number of aromatic nitrogens is 2. The molecular weight excluding hydrogens is 270 g/mol. The van der Waals surface area contributed by atoms with Crippen LogP contribution in [0.1, 0.15) is 18.1 Å². The van der Waals surface area contributed by atoms with Gasteiger partial charge in [-0.15, -0.1) is 0 Å². The smallest absolute Gasteiger partial charge is 0.333 e. The van der Waals surface area contributed by atoms with Crippen LogP contribution in [0.4, 0.5) is 5.82 Å². The molecule has 1 aromatic carbocycles. The Balaban J connectivity index is 2.45. The first-order chi connectivity index (χ1) is 9.99. The molecule has 1 aromatic heterocycles. The minimum atomic E-state index is -1.30. The van der Waals surface area contributed by atoms with Crippen molar-refractivity contribution in [1.82, 2.24) is 9.97 Å². The lowest BCUT2D eigenvalue weighted by atomic mass is 9.92. The lowest BCUT2D eigenvalue weighted by molar-refractivity contribution is -0.142. The molecule has 0 aliphatic rings. The molecule has 21 heavy (non-hydrogen) atoms. The summed E-state index contributed by atoms with van der Waals surface area (Å²) in [4.78, 5) is 19.9. The van der Waals surface area contributed by atoms with Gasteiger partial charge in [0.1, 0.15) is 12.1 Å². The van der Waals surface area contributed by atoms with Gasteiger partial charge in [-0.3, -0.25) is 0 Å². The highest BCUT2D eigenvalue weighted by atomic mass is 16.5. The Labute approximate surface area is 122 Å². The van der Waals surface area contributed by atoms with E-state index in [-0.39, 0.29) is 0 Å². The van der Waals surface area contributed by atoms with Crippen LogP contribution in [0.3, 0.4) is 0 Å². The standard InChI is InChI=1S/C15H17N3O3/c1-10-12(16-9-17-13(10)21-3)18-15(2,14(19)20)11-7-5-4-6-8-11/h4-9H,1-3H3,(H,19,20)(H,16,17,18). The van der Waals surface area contributed by atoms with Gasteiger partial charge in [-0.2, -0.15) is 0 Å². The van der Waals surface area contributed by atoms with Crippen LogP contribution in [0.2, 0.25) is 0 Å². The molecule has 1 heterocycles. The second kappa shape index (κ2) is 5.78. The molecule has 1 atom stereocenters. The van der Waals surface area contributed by atoms with Crippen LogP contribution < -0.4 is 10.1 Å². The zero-order valence-corrected chi connectivity index (χ0v) is 12.1. The summed E-state index contributed by atoms with van der Waals surface area (Å²) in [6, 6.07) is 8.95. The summed E-state index contributed by atoms with van der Waals surface area (Å²) < 4.78 is 5.13. The third-order valence-corrected chi connectivity index (χ3v) is 3.38. The van der Waals surface area contributed by atoms with Gasteiger partial charge in [-0.05, 0) is 19.4 Å².